The van der Waals surface area contributed by atoms with E-state index in [2.05, 4.69) is 4.98 Å². The summed E-state index contributed by atoms with van der Waals surface area (Å²) in [4.78, 5) is 16.2. The second-order valence-electron chi connectivity index (χ2n) is 6.67. The summed E-state index contributed by atoms with van der Waals surface area (Å²) in [7, 11) is -3.65. The van der Waals surface area contributed by atoms with E-state index in [-0.39, 0.29) is 29.3 Å². The molecule has 1 aromatic heterocycles. The van der Waals surface area contributed by atoms with E-state index >= 15 is 0 Å². The van der Waals surface area contributed by atoms with Gasteiger partial charge >= 0.3 is 5.97 Å². The van der Waals surface area contributed by atoms with E-state index in [9.17, 15) is 13.2 Å². The van der Waals surface area contributed by atoms with Crippen molar-refractivity contribution in [3.8, 4) is 0 Å². The van der Waals surface area contributed by atoms with E-state index in [4.69, 9.17) is 21.1 Å². The highest BCUT2D eigenvalue weighted by atomic mass is 35.5. The SMILES string of the molecule is CC1CN(S(=O)(=O)c2ccc(C(=O)OCc3ccc(Cl)nc3)cc2)CC(C)O1. The maximum absolute atomic E-state index is 12.8. The molecule has 28 heavy (non-hydrogen) atoms. The van der Waals surface area contributed by atoms with Crippen LogP contribution in [-0.4, -0.2) is 49.0 Å². The van der Waals surface area contributed by atoms with E-state index in [1.54, 1.807) is 12.1 Å². The quantitative estimate of drug-likeness (QED) is 0.542. The van der Waals surface area contributed by atoms with Crippen molar-refractivity contribution in [2.45, 2.75) is 37.6 Å². The van der Waals surface area contributed by atoms with Gasteiger partial charge in [-0.25, -0.2) is 18.2 Å². The van der Waals surface area contributed by atoms with Gasteiger partial charge in [0.05, 0.1) is 22.7 Å². The van der Waals surface area contributed by atoms with Gasteiger partial charge in [0.15, 0.2) is 0 Å². The van der Waals surface area contributed by atoms with E-state index in [1.165, 1.54) is 34.8 Å². The van der Waals surface area contributed by atoms with Crippen molar-refractivity contribution >= 4 is 27.6 Å². The zero-order valence-electron chi connectivity index (χ0n) is 15.5. The lowest BCUT2D eigenvalue weighted by atomic mass is 10.2. The lowest BCUT2D eigenvalue weighted by molar-refractivity contribution is -0.0440. The first kappa shape index (κ1) is 20.7. The Morgan fingerprint density at radius 3 is 2.39 bits per heavy atom. The molecule has 1 saturated heterocycles. The summed E-state index contributed by atoms with van der Waals surface area (Å²) in [5, 5.41) is 0.357. The fourth-order valence-electron chi connectivity index (χ4n) is 2.96. The second-order valence-corrected chi connectivity index (χ2v) is 8.99. The van der Waals surface area contributed by atoms with Crippen LogP contribution in [0.3, 0.4) is 0 Å². The van der Waals surface area contributed by atoms with Crippen LogP contribution in [0.5, 0.6) is 0 Å². The second kappa shape index (κ2) is 8.57. The monoisotopic (exact) mass is 424 g/mol. The first-order valence-corrected chi connectivity index (χ1v) is 10.6. The number of carbonyl (C=O) groups is 1. The minimum Gasteiger partial charge on any atom is -0.457 e. The van der Waals surface area contributed by atoms with Crippen molar-refractivity contribution in [1.82, 2.24) is 9.29 Å². The van der Waals surface area contributed by atoms with Crippen LogP contribution in [0.1, 0.15) is 29.8 Å². The molecule has 3 rings (SSSR count). The normalized spacial score (nSPS) is 20.7. The highest BCUT2D eigenvalue weighted by molar-refractivity contribution is 7.89. The van der Waals surface area contributed by atoms with E-state index in [0.29, 0.717) is 23.8 Å². The first-order valence-electron chi connectivity index (χ1n) is 8.79. The summed E-state index contributed by atoms with van der Waals surface area (Å²) in [6.45, 7) is 4.32. The summed E-state index contributed by atoms with van der Waals surface area (Å²) in [5.74, 6) is -0.549. The smallest absolute Gasteiger partial charge is 0.338 e. The van der Waals surface area contributed by atoms with Gasteiger partial charge in [-0.1, -0.05) is 17.7 Å². The minimum absolute atomic E-state index is 0.0482. The summed E-state index contributed by atoms with van der Waals surface area (Å²) in [5.41, 5.74) is 0.970. The molecule has 2 unspecified atom stereocenters. The van der Waals surface area contributed by atoms with Gasteiger partial charge < -0.3 is 9.47 Å². The van der Waals surface area contributed by atoms with Crippen molar-refractivity contribution in [2.75, 3.05) is 13.1 Å². The molecule has 1 aliphatic heterocycles. The van der Waals surface area contributed by atoms with Crippen LogP contribution in [0.4, 0.5) is 0 Å². The van der Waals surface area contributed by atoms with Crippen molar-refractivity contribution in [1.29, 1.82) is 0 Å². The number of nitrogens with zero attached hydrogens (tertiary/aromatic N) is 2. The molecule has 150 valence electrons. The number of carbonyl (C=O) groups excluding carboxylic acids is 1. The van der Waals surface area contributed by atoms with Crippen molar-refractivity contribution in [3.05, 3.63) is 58.9 Å². The number of benzene rings is 1. The number of pyridine rings is 1. The highest BCUT2D eigenvalue weighted by Crippen LogP contribution is 2.21. The summed E-state index contributed by atoms with van der Waals surface area (Å²) < 4.78 is 37.9. The average Bonchev–Trinajstić information content (AvgIpc) is 2.66. The fourth-order valence-corrected chi connectivity index (χ4v) is 4.67. The maximum atomic E-state index is 12.8. The molecule has 9 heteroatoms. The fraction of sp³-hybridized carbons (Fsp3) is 0.368. The minimum atomic E-state index is -3.65. The topological polar surface area (TPSA) is 85.8 Å². The predicted octanol–water partition coefficient (Wildman–Crippen LogP) is 2.89. The number of rotatable bonds is 5. The lowest BCUT2D eigenvalue weighted by Crippen LogP contribution is -2.48. The highest BCUT2D eigenvalue weighted by Gasteiger charge is 2.32. The Morgan fingerprint density at radius 2 is 1.82 bits per heavy atom. The molecule has 0 spiro atoms. The largest absolute Gasteiger partial charge is 0.457 e. The summed E-state index contributed by atoms with van der Waals surface area (Å²) in [6, 6.07) is 9.05. The van der Waals surface area contributed by atoms with Crippen LogP contribution in [0.2, 0.25) is 5.15 Å². The molecule has 2 heterocycles. The zero-order chi connectivity index (χ0) is 20.3. The lowest BCUT2D eigenvalue weighted by Gasteiger charge is -2.34. The Kier molecular flexibility index (Phi) is 6.34. The summed E-state index contributed by atoms with van der Waals surface area (Å²) in [6.07, 6.45) is 1.18. The number of ether oxygens (including phenoxy) is 2. The van der Waals surface area contributed by atoms with Gasteiger partial charge in [-0.05, 0) is 44.2 Å². The summed E-state index contributed by atoms with van der Waals surface area (Å²) >= 11 is 5.72. The Bertz CT molecular complexity index is 922. The Morgan fingerprint density at radius 1 is 1.18 bits per heavy atom. The maximum Gasteiger partial charge on any atom is 0.338 e. The molecule has 0 radical (unpaired) electrons. The van der Waals surface area contributed by atoms with Crippen molar-refractivity contribution < 1.29 is 22.7 Å². The Balaban J connectivity index is 1.66. The van der Waals surface area contributed by atoms with Crippen LogP contribution >= 0.6 is 11.6 Å². The first-order chi connectivity index (χ1) is 13.3. The van der Waals surface area contributed by atoms with E-state index in [1.807, 2.05) is 13.8 Å². The van der Waals surface area contributed by atoms with Crippen LogP contribution in [0, 0.1) is 0 Å². The molecule has 0 N–H and O–H groups in total. The third kappa shape index (κ3) is 4.88. The molecule has 2 atom stereocenters. The number of hydrogen-bond donors (Lipinski definition) is 0. The molecule has 7 nitrogen and oxygen atoms in total. The van der Waals surface area contributed by atoms with Gasteiger partial charge in [-0.15, -0.1) is 0 Å². The number of morpholine rings is 1. The predicted molar refractivity (Wildman–Crippen MR) is 104 cm³/mol. The standard InChI is InChI=1S/C19H21ClN2O5S/c1-13-10-22(11-14(2)27-13)28(24,25)17-6-4-16(5-7-17)19(23)26-12-15-3-8-18(20)21-9-15/h3-9,13-14H,10-12H2,1-2H3. The number of sulfonamides is 1. The Hall–Kier alpha value is -2.00. The van der Waals surface area contributed by atoms with E-state index in [0.717, 1.165) is 0 Å². The van der Waals surface area contributed by atoms with Gasteiger partial charge in [0.1, 0.15) is 11.8 Å². The zero-order valence-corrected chi connectivity index (χ0v) is 17.1. The van der Waals surface area contributed by atoms with Gasteiger partial charge in [-0.3, -0.25) is 0 Å². The average molecular weight is 425 g/mol. The van der Waals surface area contributed by atoms with Gasteiger partial charge in [0.25, 0.3) is 0 Å². The molecule has 1 fully saturated rings. The van der Waals surface area contributed by atoms with Crippen molar-refractivity contribution in [2.24, 2.45) is 0 Å². The number of halogens is 1. The molecule has 2 aromatic rings. The van der Waals surface area contributed by atoms with Crippen LogP contribution in [0.15, 0.2) is 47.5 Å². The third-order valence-corrected chi connectivity index (χ3v) is 6.34. The number of esters is 1. The molecule has 0 saturated carbocycles. The third-order valence-electron chi connectivity index (χ3n) is 4.27. The molecular formula is C19H21ClN2O5S. The van der Waals surface area contributed by atoms with Crippen LogP contribution in [0.25, 0.3) is 0 Å². The van der Waals surface area contributed by atoms with Crippen LogP contribution < -0.4 is 0 Å². The molecule has 0 amide bonds. The molecular weight excluding hydrogens is 404 g/mol. The molecule has 0 bridgehead atoms. The number of hydrogen-bond acceptors (Lipinski definition) is 6. The molecule has 0 aliphatic carbocycles. The van der Waals surface area contributed by atoms with Crippen molar-refractivity contribution in [3.63, 3.8) is 0 Å². The van der Waals surface area contributed by atoms with Gasteiger partial charge in [-0.2, -0.15) is 4.31 Å². The number of aromatic nitrogens is 1. The van der Waals surface area contributed by atoms with Crippen LogP contribution in [-0.2, 0) is 26.1 Å². The van der Waals surface area contributed by atoms with Gasteiger partial charge in [0, 0.05) is 24.8 Å². The van der Waals surface area contributed by atoms with E-state index < -0.39 is 16.0 Å². The molecule has 1 aliphatic rings. The molecule has 1 aromatic carbocycles. The van der Waals surface area contributed by atoms with Gasteiger partial charge in [0.2, 0.25) is 10.0 Å². The Labute approximate surface area is 169 Å².